The van der Waals surface area contributed by atoms with E-state index in [0.717, 1.165) is 5.56 Å². The summed E-state index contributed by atoms with van der Waals surface area (Å²) < 4.78 is 4.87. The number of aromatic amines is 1. The van der Waals surface area contributed by atoms with Crippen LogP contribution in [0.1, 0.15) is 22.0 Å². The Labute approximate surface area is 149 Å². The summed E-state index contributed by atoms with van der Waals surface area (Å²) in [5, 5.41) is 1.22. The van der Waals surface area contributed by atoms with Crippen molar-refractivity contribution in [2.45, 2.75) is 5.92 Å². The summed E-state index contributed by atoms with van der Waals surface area (Å²) >= 11 is 0. The minimum Gasteiger partial charge on any atom is -0.468 e. The van der Waals surface area contributed by atoms with Gasteiger partial charge in [-0.3, -0.25) is 14.4 Å². The van der Waals surface area contributed by atoms with Crippen molar-refractivity contribution in [2.75, 3.05) is 18.6 Å². The lowest BCUT2D eigenvalue weighted by atomic mass is 10.0. The number of benzene rings is 2. The van der Waals surface area contributed by atoms with Gasteiger partial charge in [-0.05, 0) is 29.1 Å². The van der Waals surface area contributed by atoms with Gasteiger partial charge in [-0.2, -0.15) is 0 Å². The van der Waals surface area contributed by atoms with Gasteiger partial charge >= 0.3 is 5.97 Å². The van der Waals surface area contributed by atoms with Crippen LogP contribution in [0.2, 0.25) is 0 Å². The first-order chi connectivity index (χ1) is 12.6. The predicted octanol–water partition coefficient (Wildman–Crippen LogP) is 2.45. The molecular weight excluding hydrogens is 332 g/mol. The highest BCUT2D eigenvalue weighted by Gasteiger charge is 2.37. The molecule has 1 aliphatic heterocycles. The van der Waals surface area contributed by atoms with Crippen molar-refractivity contribution in [3.05, 3.63) is 76.2 Å². The minimum atomic E-state index is -0.535. The third-order valence-corrected chi connectivity index (χ3v) is 4.68. The van der Waals surface area contributed by atoms with Crippen molar-refractivity contribution < 1.29 is 14.3 Å². The zero-order chi connectivity index (χ0) is 18.3. The Kier molecular flexibility index (Phi) is 3.80. The zero-order valence-electron chi connectivity index (χ0n) is 14.1. The maximum Gasteiger partial charge on any atom is 0.315 e. The number of pyridine rings is 1. The Hall–Kier alpha value is -3.41. The van der Waals surface area contributed by atoms with Crippen LogP contribution in [0.4, 0.5) is 5.69 Å². The van der Waals surface area contributed by atoms with Crippen molar-refractivity contribution >= 4 is 28.3 Å². The van der Waals surface area contributed by atoms with E-state index in [1.54, 1.807) is 30.3 Å². The van der Waals surface area contributed by atoms with Crippen LogP contribution in [0, 0.1) is 0 Å². The van der Waals surface area contributed by atoms with Crippen molar-refractivity contribution in [1.29, 1.82) is 0 Å². The number of H-pyrrole nitrogens is 1. The third kappa shape index (κ3) is 2.47. The smallest absolute Gasteiger partial charge is 0.315 e. The fourth-order valence-corrected chi connectivity index (χ4v) is 3.41. The number of carbonyl (C=O) groups excluding carboxylic acids is 2. The number of fused-ring (bicyclic) bond motifs is 2. The highest BCUT2D eigenvalue weighted by Crippen LogP contribution is 2.37. The maximum absolute atomic E-state index is 13.1. The molecule has 1 aliphatic rings. The summed E-state index contributed by atoms with van der Waals surface area (Å²) in [5.41, 5.74) is 1.27. The van der Waals surface area contributed by atoms with Crippen molar-refractivity contribution in [2.24, 2.45) is 0 Å². The lowest BCUT2D eigenvalue weighted by molar-refractivity contribution is -0.141. The predicted molar refractivity (Wildman–Crippen MR) is 97.4 cm³/mol. The molecule has 1 amide bonds. The monoisotopic (exact) mass is 348 g/mol. The summed E-state index contributed by atoms with van der Waals surface area (Å²) in [6.07, 6.45) is 0. The number of hydrogen-bond acceptors (Lipinski definition) is 4. The Bertz CT molecular complexity index is 1090. The molecule has 2 aromatic carbocycles. The van der Waals surface area contributed by atoms with Crippen LogP contribution in [-0.2, 0) is 9.53 Å². The van der Waals surface area contributed by atoms with Gasteiger partial charge in [-0.1, -0.05) is 36.4 Å². The van der Waals surface area contributed by atoms with Gasteiger partial charge in [0.25, 0.3) is 11.5 Å². The summed E-state index contributed by atoms with van der Waals surface area (Å²) in [6.45, 7) is 0.180. The standard InChI is InChI=1S/C20H16N2O4/c1-26-20(25)15-11-22(17-9-5-4-8-14(15)17)19(24)16-10-12-6-2-3-7-13(12)18(23)21-16/h2-10,15H,11H2,1H3,(H,21,23)/t15-/m0/s1. The number of esters is 1. The number of nitrogens with zero attached hydrogens (tertiary/aromatic N) is 1. The topological polar surface area (TPSA) is 79.5 Å². The molecule has 4 rings (SSSR count). The number of amides is 1. The van der Waals surface area contributed by atoms with E-state index < -0.39 is 5.92 Å². The second kappa shape index (κ2) is 6.15. The molecule has 0 unspecified atom stereocenters. The number of aromatic nitrogens is 1. The number of nitrogens with one attached hydrogen (secondary N) is 1. The quantitative estimate of drug-likeness (QED) is 0.722. The largest absolute Gasteiger partial charge is 0.468 e. The van der Waals surface area contributed by atoms with E-state index >= 15 is 0 Å². The van der Waals surface area contributed by atoms with Crippen LogP contribution in [0.15, 0.2) is 59.4 Å². The Morgan fingerprint density at radius 1 is 1.12 bits per heavy atom. The SMILES string of the molecule is COC(=O)[C@H]1CN(C(=O)c2cc3ccccc3c(=O)[nH]2)c2ccccc21. The summed E-state index contributed by atoms with van der Waals surface area (Å²) in [7, 11) is 1.33. The lowest BCUT2D eigenvalue weighted by Crippen LogP contribution is -2.33. The first-order valence-corrected chi connectivity index (χ1v) is 8.21. The molecule has 1 N–H and O–H groups in total. The van der Waals surface area contributed by atoms with Gasteiger partial charge in [-0.15, -0.1) is 0 Å². The molecule has 6 nitrogen and oxygen atoms in total. The molecule has 0 spiro atoms. The molecule has 1 aromatic heterocycles. The Morgan fingerprint density at radius 2 is 1.85 bits per heavy atom. The summed E-state index contributed by atoms with van der Waals surface area (Å²) in [4.78, 5) is 41.6. The highest BCUT2D eigenvalue weighted by molar-refractivity contribution is 6.09. The van der Waals surface area contributed by atoms with Gasteiger partial charge in [0.15, 0.2) is 0 Å². The fraction of sp³-hybridized carbons (Fsp3) is 0.150. The minimum absolute atomic E-state index is 0.180. The number of rotatable bonds is 2. The van der Waals surface area contributed by atoms with Gasteiger partial charge in [0.2, 0.25) is 0 Å². The molecule has 130 valence electrons. The average molecular weight is 348 g/mol. The van der Waals surface area contributed by atoms with E-state index in [4.69, 9.17) is 4.74 Å². The molecule has 2 heterocycles. The van der Waals surface area contributed by atoms with E-state index in [1.807, 2.05) is 24.3 Å². The van der Waals surface area contributed by atoms with Crippen molar-refractivity contribution in [1.82, 2.24) is 4.98 Å². The second-order valence-electron chi connectivity index (χ2n) is 6.15. The molecule has 0 fully saturated rings. The summed E-state index contributed by atoms with van der Waals surface area (Å²) in [5.74, 6) is -1.28. The van der Waals surface area contributed by atoms with Gasteiger partial charge in [-0.25, -0.2) is 0 Å². The van der Waals surface area contributed by atoms with Crippen molar-refractivity contribution in [3.63, 3.8) is 0 Å². The number of hydrogen-bond donors (Lipinski definition) is 1. The third-order valence-electron chi connectivity index (χ3n) is 4.68. The van der Waals surface area contributed by atoms with E-state index in [2.05, 4.69) is 4.98 Å². The normalized spacial score (nSPS) is 15.7. The average Bonchev–Trinajstić information content (AvgIpc) is 3.06. The number of carbonyl (C=O) groups is 2. The van der Waals surface area contributed by atoms with Crippen molar-refractivity contribution in [3.8, 4) is 0 Å². The Balaban J connectivity index is 1.78. The molecule has 0 bridgehead atoms. The molecule has 0 radical (unpaired) electrons. The second-order valence-corrected chi connectivity index (χ2v) is 6.15. The van der Waals surface area contributed by atoms with E-state index in [-0.39, 0.29) is 29.7 Å². The molecule has 0 saturated carbocycles. The van der Waals surface area contributed by atoms with Gasteiger partial charge in [0.1, 0.15) is 11.6 Å². The molecule has 3 aromatic rings. The van der Waals surface area contributed by atoms with Crippen LogP contribution in [0.5, 0.6) is 0 Å². The first kappa shape index (κ1) is 16.1. The van der Waals surface area contributed by atoms with Gasteiger partial charge < -0.3 is 14.6 Å². The molecule has 1 atom stereocenters. The maximum atomic E-state index is 13.1. The first-order valence-electron chi connectivity index (χ1n) is 8.21. The molecule has 6 heteroatoms. The summed E-state index contributed by atoms with van der Waals surface area (Å²) in [6, 6.07) is 16.0. The van der Waals surface area contributed by atoms with Crippen LogP contribution >= 0.6 is 0 Å². The zero-order valence-corrected chi connectivity index (χ0v) is 14.1. The molecule has 0 saturated heterocycles. The van der Waals surface area contributed by atoms with Crippen LogP contribution in [0.25, 0.3) is 10.8 Å². The molecule has 0 aliphatic carbocycles. The van der Waals surface area contributed by atoms with Crippen LogP contribution in [-0.4, -0.2) is 30.5 Å². The lowest BCUT2D eigenvalue weighted by Gasteiger charge is -2.17. The molecule has 26 heavy (non-hydrogen) atoms. The highest BCUT2D eigenvalue weighted by atomic mass is 16.5. The number of para-hydroxylation sites is 1. The van der Waals surface area contributed by atoms with Gasteiger partial charge in [0.05, 0.1) is 7.11 Å². The number of anilines is 1. The molecular formula is C20H16N2O4. The number of ether oxygens (including phenoxy) is 1. The van der Waals surface area contributed by atoms with E-state index in [1.165, 1.54) is 12.0 Å². The van der Waals surface area contributed by atoms with E-state index in [9.17, 15) is 14.4 Å². The van der Waals surface area contributed by atoms with Gasteiger partial charge in [0, 0.05) is 17.6 Å². The van der Waals surface area contributed by atoms with Crippen LogP contribution in [0.3, 0.4) is 0 Å². The van der Waals surface area contributed by atoms with E-state index in [0.29, 0.717) is 16.5 Å². The fourth-order valence-electron chi connectivity index (χ4n) is 3.41. The number of methoxy groups -OCH3 is 1. The Morgan fingerprint density at radius 3 is 2.65 bits per heavy atom. The van der Waals surface area contributed by atoms with Crippen LogP contribution < -0.4 is 10.5 Å².